The number of anilines is 1. The lowest BCUT2D eigenvalue weighted by Gasteiger charge is -2.30. The molecule has 0 spiro atoms. The summed E-state index contributed by atoms with van der Waals surface area (Å²) in [7, 11) is 3.44. The first kappa shape index (κ1) is 19.2. The van der Waals surface area contributed by atoms with E-state index < -0.39 is 5.97 Å². The molecule has 0 aliphatic carbocycles. The molecule has 1 saturated heterocycles. The molecule has 2 aromatic rings. The van der Waals surface area contributed by atoms with E-state index in [0.29, 0.717) is 29.7 Å². The zero-order chi connectivity index (χ0) is 19.4. The Kier molecular flexibility index (Phi) is 6.01. The Balaban J connectivity index is 1.90. The molecule has 6 nitrogen and oxygen atoms in total. The lowest BCUT2D eigenvalue weighted by atomic mass is 10.0. The fraction of sp³-hybridized carbons (Fsp3) is 0.450. The van der Waals surface area contributed by atoms with Gasteiger partial charge in [0, 0.05) is 12.5 Å². The van der Waals surface area contributed by atoms with Gasteiger partial charge in [0.05, 0.1) is 18.5 Å². The van der Waals surface area contributed by atoms with Gasteiger partial charge < -0.3 is 15.0 Å². The number of esters is 1. The summed E-state index contributed by atoms with van der Waals surface area (Å²) < 4.78 is 18.0. The van der Waals surface area contributed by atoms with E-state index in [0.717, 1.165) is 31.5 Å². The minimum atomic E-state index is -0.508. The number of carbonyl (C=O) groups is 1. The van der Waals surface area contributed by atoms with Crippen molar-refractivity contribution in [3.63, 3.8) is 0 Å². The van der Waals surface area contributed by atoms with Gasteiger partial charge in [-0.15, -0.1) is 0 Å². The van der Waals surface area contributed by atoms with Crippen LogP contribution in [0.5, 0.6) is 0 Å². The fourth-order valence-corrected chi connectivity index (χ4v) is 3.22. The van der Waals surface area contributed by atoms with Crippen molar-refractivity contribution in [1.29, 1.82) is 0 Å². The molecular formula is C20H25FN4O2. The number of methoxy groups -OCH3 is 1. The average Bonchev–Trinajstić information content (AvgIpc) is 2.66. The van der Waals surface area contributed by atoms with Gasteiger partial charge >= 0.3 is 5.97 Å². The number of nitrogens with zero attached hydrogens (tertiary/aromatic N) is 3. The van der Waals surface area contributed by atoms with Gasteiger partial charge in [-0.1, -0.05) is 12.1 Å². The number of aromatic nitrogens is 2. The van der Waals surface area contributed by atoms with Crippen molar-refractivity contribution >= 4 is 11.8 Å². The summed E-state index contributed by atoms with van der Waals surface area (Å²) in [5.41, 5.74) is 2.30. The molecular weight excluding hydrogens is 347 g/mol. The zero-order valence-electron chi connectivity index (χ0n) is 16.0. The van der Waals surface area contributed by atoms with Crippen LogP contribution in [0.4, 0.5) is 10.2 Å². The maximum Gasteiger partial charge on any atom is 0.358 e. The normalized spacial score (nSPS) is 15.6. The number of rotatable bonds is 5. The van der Waals surface area contributed by atoms with E-state index in [1.807, 2.05) is 0 Å². The number of hydrogen-bond donors (Lipinski definition) is 1. The van der Waals surface area contributed by atoms with Gasteiger partial charge in [-0.25, -0.2) is 19.2 Å². The van der Waals surface area contributed by atoms with E-state index in [1.165, 1.54) is 19.2 Å². The van der Waals surface area contributed by atoms with Crippen LogP contribution < -0.4 is 5.32 Å². The van der Waals surface area contributed by atoms with Crippen molar-refractivity contribution in [2.45, 2.75) is 32.2 Å². The zero-order valence-corrected chi connectivity index (χ0v) is 16.0. The molecule has 1 aromatic heterocycles. The van der Waals surface area contributed by atoms with E-state index in [1.54, 1.807) is 19.1 Å². The predicted molar refractivity (Wildman–Crippen MR) is 101 cm³/mol. The molecule has 1 aliphatic heterocycles. The molecule has 0 bridgehead atoms. The van der Waals surface area contributed by atoms with Crippen molar-refractivity contribution in [2.75, 3.05) is 32.6 Å². The molecule has 1 aliphatic rings. The second-order valence-corrected chi connectivity index (χ2v) is 6.97. The minimum absolute atomic E-state index is 0.212. The third-order valence-electron chi connectivity index (χ3n) is 4.87. The number of benzene rings is 1. The summed E-state index contributed by atoms with van der Waals surface area (Å²) in [5.74, 6) is -0.112. The van der Waals surface area contributed by atoms with Gasteiger partial charge in [0.1, 0.15) is 11.6 Å². The van der Waals surface area contributed by atoms with Gasteiger partial charge in [-0.05, 0) is 57.6 Å². The summed E-state index contributed by atoms with van der Waals surface area (Å²) in [6.45, 7) is 3.80. The third kappa shape index (κ3) is 4.80. The van der Waals surface area contributed by atoms with Gasteiger partial charge in [0.15, 0.2) is 5.69 Å². The molecule has 1 N–H and O–H groups in total. The maximum absolute atomic E-state index is 13.2. The van der Waals surface area contributed by atoms with Crippen LogP contribution in [-0.4, -0.2) is 54.1 Å². The lowest BCUT2D eigenvalue weighted by Crippen LogP contribution is -2.37. The smallest absolute Gasteiger partial charge is 0.358 e. The Morgan fingerprint density at radius 2 is 1.93 bits per heavy atom. The molecule has 3 rings (SSSR count). The van der Waals surface area contributed by atoms with Crippen molar-refractivity contribution < 1.29 is 13.9 Å². The van der Waals surface area contributed by atoms with E-state index >= 15 is 0 Å². The highest BCUT2D eigenvalue weighted by Gasteiger charge is 2.22. The Hall–Kier alpha value is -2.54. The van der Waals surface area contributed by atoms with Crippen molar-refractivity contribution in [3.05, 3.63) is 52.7 Å². The first-order valence-electron chi connectivity index (χ1n) is 9.11. The van der Waals surface area contributed by atoms with Crippen LogP contribution in [0.3, 0.4) is 0 Å². The van der Waals surface area contributed by atoms with E-state index in [4.69, 9.17) is 4.74 Å². The highest BCUT2D eigenvalue weighted by Crippen LogP contribution is 2.22. The molecule has 0 unspecified atom stereocenters. The van der Waals surface area contributed by atoms with E-state index in [-0.39, 0.29) is 11.5 Å². The van der Waals surface area contributed by atoms with Gasteiger partial charge in [-0.2, -0.15) is 0 Å². The summed E-state index contributed by atoms with van der Waals surface area (Å²) in [4.78, 5) is 23.5. The minimum Gasteiger partial charge on any atom is -0.464 e. The molecule has 0 atom stereocenters. The van der Waals surface area contributed by atoms with Crippen LogP contribution in [0.25, 0.3) is 0 Å². The van der Waals surface area contributed by atoms with Crippen LogP contribution in [-0.2, 0) is 11.2 Å². The van der Waals surface area contributed by atoms with E-state index in [9.17, 15) is 9.18 Å². The summed E-state index contributed by atoms with van der Waals surface area (Å²) in [6, 6.07) is 6.58. The fourth-order valence-electron chi connectivity index (χ4n) is 3.22. The van der Waals surface area contributed by atoms with Gasteiger partial charge in [-0.3, -0.25) is 0 Å². The topological polar surface area (TPSA) is 67.3 Å². The Bertz CT molecular complexity index is 802. The monoisotopic (exact) mass is 372 g/mol. The second-order valence-electron chi connectivity index (χ2n) is 6.97. The molecule has 0 amide bonds. The molecule has 27 heavy (non-hydrogen) atoms. The van der Waals surface area contributed by atoms with Crippen molar-refractivity contribution in [3.8, 4) is 0 Å². The first-order chi connectivity index (χ1) is 13.0. The molecule has 7 heteroatoms. The third-order valence-corrected chi connectivity index (χ3v) is 4.87. The standard InChI is InChI=1S/C20H25FN4O2/c1-13-18(20(26)27-3)24-17(12-14-4-6-15(21)7-5-14)19(22-13)23-16-8-10-25(2)11-9-16/h4-7,16H,8-12H2,1-3H3,(H,22,23). The number of piperidine rings is 1. The first-order valence-corrected chi connectivity index (χ1v) is 9.11. The Morgan fingerprint density at radius 1 is 1.26 bits per heavy atom. The molecule has 144 valence electrons. The number of nitrogens with one attached hydrogen (secondary N) is 1. The number of hydrogen-bond acceptors (Lipinski definition) is 6. The van der Waals surface area contributed by atoms with Crippen molar-refractivity contribution in [1.82, 2.24) is 14.9 Å². The van der Waals surface area contributed by atoms with Crippen LogP contribution in [0.15, 0.2) is 24.3 Å². The highest BCUT2D eigenvalue weighted by molar-refractivity contribution is 5.88. The summed E-state index contributed by atoms with van der Waals surface area (Å²) in [5, 5.41) is 3.50. The summed E-state index contributed by atoms with van der Waals surface area (Å²) >= 11 is 0. The number of aryl methyl sites for hydroxylation is 1. The predicted octanol–water partition coefficient (Wildman–Crippen LogP) is 2.81. The quantitative estimate of drug-likeness (QED) is 0.814. The van der Waals surface area contributed by atoms with Gasteiger partial charge in [0.2, 0.25) is 0 Å². The van der Waals surface area contributed by atoms with Crippen LogP contribution in [0, 0.1) is 12.7 Å². The number of ether oxygens (including phenoxy) is 1. The number of likely N-dealkylation sites (tertiary alicyclic amines) is 1. The van der Waals surface area contributed by atoms with Gasteiger partial charge in [0.25, 0.3) is 0 Å². The second kappa shape index (κ2) is 8.43. The molecule has 0 saturated carbocycles. The molecule has 1 aromatic carbocycles. The highest BCUT2D eigenvalue weighted by atomic mass is 19.1. The van der Waals surface area contributed by atoms with Crippen LogP contribution in [0.1, 0.15) is 40.3 Å². The lowest BCUT2D eigenvalue weighted by molar-refractivity contribution is 0.0592. The SMILES string of the molecule is COC(=O)c1nc(Cc2ccc(F)cc2)c(NC2CCN(C)CC2)nc1C. The Morgan fingerprint density at radius 3 is 2.56 bits per heavy atom. The Labute approximate surface area is 158 Å². The molecule has 1 fully saturated rings. The molecule has 0 radical (unpaired) electrons. The largest absolute Gasteiger partial charge is 0.464 e. The van der Waals surface area contributed by atoms with Crippen LogP contribution >= 0.6 is 0 Å². The van der Waals surface area contributed by atoms with Crippen molar-refractivity contribution in [2.24, 2.45) is 0 Å². The number of halogens is 1. The number of carbonyl (C=O) groups excluding carboxylic acids is 1. The summed E-state index contributed by atoms with van der Waals surface area (Å²) in [6.07, 6.45) is 2.49. The molecule has 2 heterocycles. The van der Waals surface area contributed by atoms with E-state index in [2.05, 4.69) is 27.2 Å². The average molecular weight is 372 g/mol. The maximum atomic E-state index is 13.2. The van der Waals surface area contributed by atoms with Crippen LogP contribution in [0.2, 0.25) is 0 Å².